The van der Waals surface area contributed by atoms with E-state index in [0.717, 1.165) is 0 Å². The van der Waals surface area contributed by atoms with Gasteiger partial charge in [-0.05, 0) is 0 Å². The monoisotopic (exact) mass is 498 g/mol. The molecule has 2 aromatic rings. The van der Waals surface area contributed by atoms with Crippen LogP contribution in [0.5, 0.6) is 0 Å². The molecule has 3 rings (SSSR count). The largest absolute Gasteiger partial charge is 1.00 e. The Morgan fingerprint density at radius 2 is 1.34 bits per heavy atom. The Labute approximate surface area is 208 Å². The molecule has 1 aliphatic carbocycles. The van der Waals surface area contributed by atoms with Crippen molar-refractivity contribution < 1.29 is 57.7 Å². The van der Waals surface area contributed by atoms with Crippen LogP contribution in [0, 0.1) is 13.8 Å². The summed E-state index contributed by atoms with van der Waals surface area (Å²) in [5.41, 5.74) is 7.32. The number of hydrogen-bond donors (Lipinski definition) is 0. The number of allylic oxidation sites excluding steroid dienone is 4. The van der Waals surface area contributed by atoms with Crippen LogP contribution in [0.4, 0.5) is 0 Å². The van der Waals surface area contributed by atoms with Crippen molar-refractivity contribution in [2.75, 3.05) is 0 Å². The summed E-state index contributed by atoms with van der Waals surface area (Å²) in [7, 11) is -2.09. The molecule has 1 aliphatic rings. The summed E-state index contributed by atoms with van der Waals surface area (Å²) < 4.78 is 1.56. The van der Waals surface area contributed by atoms with Gasteiger partial charge >= 0.3 is 172 Å². The third-order valence-corrected chi connectivity index (χ3v) is 14.5. The van der Waals surface area contributed by atoms with Crippen molar-refractivity contribution >= 4 is 18.4 Å². The van der Waals surface area contributed by atoms with E-state index in [0.29, 0.717) is 0 Å². The van der Waals surface area contributed by atoms with Crippen molar-refractivity contribution in [1.29, 1.82) is 0 Å². The van der Waals surface area contributed by atoms with E-state index >= 15 is 0 Å². The number of aryl methyl sites for hydroxylation is 2. The molecule has 2 atom stereocenters. The number of rotatable bonds is 3. The zero-order valence-electron chi connectivity index (χ0n) is 18.3. The summed E-state index contributed by atoms with van der Waals surface area (Å²) in [6, 6.07) is 18.4. The second kappa shape index (κ2) is 10.4. The van der Waals surface area contributed by atoms with Crippen LogP contribution >= 0.6 is 0 Å². The fraction of sp³-hybridized carbons (Fsp3) is 0.333. The molecule has 0 aromatic heterocycles. The molecule has 0 heterocycles. The maximum absolute atomic E-state index is 2.58. The summed E-state index contributed by atoms with van der Waals surface area (Å²) in [6.07, 6.45) is 0. The van der Waals surface area contributed by atoms with Crippen LogP contribution in [0.2, 0.25) is 11.6 Å². The molecule has 154 valence electrons. The minimum absolute atomic E-state index is 0. The summed E-state index contributed by atoms with van der Waals surface area (Å²) in [5, 5.41) is 3.19. The minimum Gasteiger partial charge on any atom is -1.00 e. The van der Waals surface area contributed by atoms with Crippen LogP contribution in [0.15, 0.2) is 69.1 Å². The second-order valence-electron chi connectivity index (χ2n) is 8.18. The van der Waals surface area contributed by atoms with E-state index in [1.165, 1.54) is 27.5 Å². The molecule has 0 spiro atoms. The fourth-order valence-electron chi connectivity index (χ4n) is 4.89. The molecule has 0 fully saturated rings. The van der Waals surface area contributed by atoms with Crippen molar-refractivity contribution in [3.63, 3.8) is 0 Å². The zero-order chi connectivity index (χ0) is 19.3. The molecule has 2 aromatic carbocycles. The molecule has 29 heavy (non-hydrogen) atoms. The van der Waals surface area contributed by atoms with Crippen molar-refractivity contribution in [1.82, 2.24) is 0 Å². The maximum Gasteiger partial charge on any atom is -1.00 e. The van der Waals surface area contributed by atoms with E-state index in [-0.39, 0.29) is 42.3 Å². The number of hydrogen-bond acceptors (Lipinski definition) is 0. The van der Waals surface area contributed by atoms with Gasteiger partial charge in [-0.3, -0.25) is 0 Å². The van der Waals surface area contributed by atoms with Gasteiger partial charge in [0.25, 0.3) is 0 Å². The van der Waals surface area contributed by atoms with E-state index in [1.807, 2.05) is 0 Å². The molecule has 0 aliphatic heterocycles. The van der Waals surface area contributed by atoms with Gasteiger partial charge in [-0.25, -0.2) is 0 Å². The van der Waals surface area contributed by atoms with Gasteiger partial charge in [-0.2, -0.15) is 0 Å². The minimum atomic E-state index is -2.09. The van der Waals surface area contributed by atoms with E-state index < -0.39 is 8.07 Å². The molecule has 0 radical (unpaired) electrons. The first-order valence-corrected chi connectivity index (χ1v) is 12.7. The van der Waals surface area contributed by atoms with Gasteiger partial charge in [0, 0.05) is 0 Å². The molecule has 0 saturated heterocycles. The topological polar surface area (TPSA) is 0 Å². The zero-order valence-corrected chi connectivity index (χ0v) is 23.1. The Morgan fingerprint density at radius 3 is 1.79 bits per heavy atom. The van der Waals surface area contributed by atoms with Crippen molar-refractivity contribution in [3.8, 4) is 0 Å². The fourth-order valence-corrected chi connectivity index (χ4v) is 11.8. The third kappa shape index (κ3) is 4.25. The van der Waals surface area contributed by atoms with Gasteiger partial charge in [-0.1, -0.05) is 0 Å². The van der Waals surface area contributed by atoms with Crippen LogP contribution in [-0.4, -0.2) is 8.07 Å². The summed E-state index contributed by atoms with van der Waals surface area (Å²) in [5.74, 6) is 0. The first kappa shape index (κ1) is 28.7. The molecule has 0 N–H and O–H groups in total. The molecule has 0 amide bonds. The van der Waals surface area contributed by atoms with Gasteiger partial charge in [0.2, 0.25) is 0 Å². The van der Waals surface area contributed by atoms with E-state index in [4.69, 9.17) is 0 Å². The normalized spacial score (nSPS) is 20.4. The molecular formula is C24H29Cl3SiTi. The number of halogens is 3. The smallest absolute Gasteiger partial charge is 1.00 e. The Bertz CT molecular complexity index is 910. The SMILES string of the molecule is CC1=C(C)C(C)([Si](C)(c2ccccc2)c2ccc(C)cc2C)[C]([Ti+3])=C1C.[Cl-].[Cl-].[Cl-]. The van der Waals surface area contributed by atoms with Crippen LogP contribution in [0.25, 0.3) is 0 Å². The second-order valence-corrected chi connectivity index (χ2v) is 13.3. The van der Waals surface area contributed by atoms with Gasteiger partial charge in [0.05, 0.1) is 0 Å². The Hall–Kier alpha value is -0.279. The van der Waals surface area contributed by atoms with Crippen LogP contribution in [0.1, 0.15) is 38.8 Å². The van der Waals surface area contributed by atoms with Gasteiger partial charge < -0.3 is 37.2 Å². The van der Waals surface area contributed by atoms with Crippen molar-refractivity contribution in [2.45, 2.75) is 53.1 Å². The van der Waals surface area contributed by atoms with E-state index in [1.54, 1.807) is 14.6 Å². The Balaban J connectivity index is 0.00000261. The Kier molecular flexibility index (Phi) is 10.3. The van der Waals surface area contributed by atoms with Crippen LogP contribution in [-0.2, 0) is 20.4 Å². The van der Waals surface area contributed by atoms with E-state index in [9.17, 15) is 0 Å². The van der Waals surface area contributed by atoms with Crippen molar-refractivity contribution in [3.05, 3.63) is 80.3 Å². The predicted octanol–water partition coefficient (Wildman–Crippen LogP) is -3.56. The predicted molar refractivity (Wildman–Crippen MR) is 113 cm³/mol. The number of benzene rings is 2. The van der Waals surface area contributed by atoms with Crippen molar-refractivity contribution in [2.24, 2.45) is 0 Å². The first-order valence-electron chi connectivity index (χ1n) is 9.40. The first-order chi connectivity index (χ1) is 12.2. The molecule has 0 saturated carbocycles. The standard InChI is InChI=1S/C24H29Si.3ClH.Ti/c1-17-13-14-23(18(2)15-17)25(7,22-11-9-8-10-12-22)24(6)16-19(3)20(4)21(24)5;;;;/h8-15H,1-7H3;3*1H;/q;;;;+3/p-3. The van der Waals surface area contributed by atoms with Gasteiger partial charge in [0.1, 0.15) is 0 Å². The van der Waals surface area contributed by atoms with E-state index in [2.05, 4.69) is 117 Å². The average Bonchev–Trinajstić information content (AvgIpc) is 2.78. The summed E-state index contributed by atoms with van der Waals surface area (Å²) in [4.78, 5) is 0. The van der Waals surface area contributed by atoms with Crippen LogP contribution in [0.3, 0.4) is 0 Å². The molecule has 0 bridgehead atoms. The van der Waals surface area contributed by atoms with Gasteiger partial charge in [0.15, 0.2) is 0 Å². The molecular weight excluding hydrogens is 471 g/mol. The maximum atomic E-state index is 2.58. The van der Waals surface area contributed by atoms with Gasteiger partial charge in [-0.15, -0.1) is 0 Å². The average molecular weight is 500 g/mol. The molecule has 0 nitrogen and oxygen atoms in total. The third-order valence-electron chi connectivity index (χ3n) is 7.02. The van der Waals surface area contributed by atoms with Crippen LogP contribution < -0.4 is 47.6 Å². The molecule has 5 heteroatoms. The Morgan fingerprint density at radius 1 is 0.793 bits per heavy atom. The molecule has 2 unspecified atom stereocenters. The summed E-state index contributed by atoms with van der Waals surface area (Å²) in [6.45, 7) is 16.6. The summed E-state index contributed by atoms with van der Waals surface area (Å²) >= 11 is 2.37. The quantitative estimate of drug-likeness (QED) is 0.384.